The summed E-state index contributed by atoms with van der Waals surface area (Å²) < 4.78 is 7.48. The van der Waals surface area contributed by atoms with E-state index < -0.39 is 5.62 Å². The SMILES string of the molecule is C#CC1COP(=S)(SC)N1C. The average molecular weight is 207 g/mol. The van der Waals surface area contributed by atoms with Gasteiger partial charge in [0.15, 0.2) is 5.62 Å². The molecule has 1 aliphatic rings. The van der Waals surface area contributed by atoms with E-state index in [4.69, 9.17) is 22.8 Å². The van der Waals surface area contributed by atoms with Crippen LogP contribution in [0.3, 0.4) is 0 Å². The zero-order valence-electron chi connectivity index (χ0n) is 6.48. The molecule has 2 atom stereocenters. The van der Waals surface area contributed by atoms with E-state index >= 15 is 0 Å². The Morgan fingerprint density at radius 2 is 2.55 bits per heavy atom. The summed E-state index contributed by atoms with van der Waals surface area (Å²) in [6.07, 6.45) is 7.26. The third kappa shape index (κ3) is 1.63. The lowest BCUT2D eigenvalue weighted by atomic mass is 10.3. The van der Waals surface area contributed by atoms with Gasteiger partial charge < -0.3 is 4.52 Å². The first-order chi connectivity index (χ1) is 5.14. The molecule has 2 nitrogen and oxygen atoms in total. The molecule has 5 heteroatoms. The fourth-order valence-corrected chi connectivity index (χ4v) is 4.36. The van der Waals surface area contributed by atoms with Crippen LogP contribution < -0.4 is 0 Å². The first-order valence-corrected chi connectivity index (χ1v) is 7.64. The van der Waals surface area contributed by atoms with Gasteiger partial charge >= 0.3 is 0 Å². The molecule has 0 spiro atoms. The summed E-state index contributed by atoms with van der Waals surface area (Å²) in [5, 5.41) is 0. The van der Waals surface area contributed by atoms with E-state index in [1.165, 1.54) is 0 Å². The Balaban J connectivity index is 2.80. The van der Waals surface area contributed by atoms with Crippen LogP contribution in [0, 0.1) is 12.3 Å². The van der Waals surface area contributed by atoms with E-state index in [1.807, 2.05) is 18.0 Å². The Bertz CT molecular complexity index is 237. The van der Waals surface area contributed by atoms with E-state index in [0.717, 1.165) is 0 Å². The van der Waals surface area contributed by atoms with Crippen molar-refractivity contribution < 1.29 is 4.52 Å². The second kappa shape index (κ2) is 3.47. The number of hydrogen-bond donors (Lipinski definition) is 0. The normalized spacial score (nSPS) is 38.8. The van der Waals surface area contributed by atoms with Gasteiger partial charge in [0.2, 0.25) is 0 Å². The van der Waals surface area contributed by atoms with E-state index in [0.29, 0.717) is 6.61 Å². The number of nitrogens with zero attached hydrogens (tertiary/aromatic N) is 1. The minimum atomic E-state index is -1.77. The standard InChI is InChI=1S/C6H10NOPS2/c1-4-6-5-8-9(10,11-3)7(6)2/h1,6H,5H2,2-3H3. The van der Waals surface area contributed by atoms with Gasteiger partial charge in [0.25, 0.3) is 0 Å². The fourth-order valence-electron chi connectivity index (χ4n) is 0.872. The summed E-state index contributed by atoms with van der Waals surface area (Å²) in [5.41, 5.74) is -1.77. The topological polar surface area (TPSA) is 12.5 Å². The molecule has 0 bridgehead atoms. The van der Waals surface area contributed by atoms with E-state index in [9.17, 15) is 0 Å². The van der Waals surface area contributed by atoms with Crippen LogP contribution in [0.1, 0.15) is 0 Å². The molecule has 0 amide bonds. The molecule has 11 heavy (non-hydrogen) atoms. The van der Waals surface area contributed by atoms with Gasteiger partial charge in [-0.1, -0.05) is 17.3 Å². The monoisotopic (exact) mass is 207 g/mol. The van der Waals surface area contributed by atoms with Gasteiger partial charge in [0.05, 0.1) is 6.61 Å². The van der Waals surface area contributed by atoms with Crippen molar-refractivity contribution in [2.75, 3.05) is 19.9 Å². The first-order valence-electron chi connectivity index (χ1n) is 3.14. The van der Waals surface area contributed by atoms with E-state index in [1.54, 1.807) is 11.4 Å². The van der Waals surface area contributed by atoms with Crippen molar-refractivity contribution in [2.45, 2.75) is 6.04 Å². The van der Waals surface area contributed by atoms with Gasteiger partial charge in [0.1, 0.15) is 6.04 Å². The predicted molar refractivity (Wildman–Crippen MR) is 54.1 cm³/mol. The summed E-state index contributed by atoms with van der Waals surface area (Å²) in [6.45, 7) is 0.588. The molecule has 0 aromatic heterocycles. The molecular formula is C6H10NOPS2. The van der Waals surface area contributed by atoms with Gasteiger partial charge in [-0.05, 0) is 25.1 Å². The zero-order valence-corrected chi connectivity index (χ0v) is 9.01. The Morgan fingerprint density at radius 1 is 1.91 bits per heavy atom. The average Bonchev–Trinajstić information content (AvgIpc) is 2.31. The number of likely N-dealkylation sites (N-methyl/N-ethyl adjacent to an activating group) is 1. The van der Waals surface area contributed by atoms with Crippen LogP contribution in [-0.4, -0.2) is 30.6 Å². The third-order valence-electron chi connectivity index (χ3n) is 1.66. The van der Waals surface area contributed by atoms with Crippen molar-refractivity contribution in [1.82, 2.24) is 4.67 Å². The highest BCUT2D eigenvalue weighted by atomic mass is 32.9. The Morgan fingerprint density at radius 3 is 2.82 bits per heavy atom. The molecule has 0 aromatic rings. The molecule has 1 heterocycles. The number of rotatable bonds is 1. The Kier molecular flexibility index (Phi) is 3.02. The highest BCUT2D eigenvalue weighted by Gasteiger charge is 2.35. The molecule has 2 unspecified atom stereocenters. The van der Waals surface area contributed by atoms with Gasteiger partial charge in [0, 0.05) is 0 Å². The summed E-state index contributed by atoms with van der Waals surface area (Å²) in [6, 6.07) is 0.0771. The van der Waals surface area contributed by atoms with Crippen LogP contribution in [0.15, 0.2) is 0 Å². The lowest BCUT2D eigenvalue weighted by Crippen LogP contribution is -2.21. The number of terminal acetylenes is 1. The molecular weight excluding hydrogens is 197 g/mol. The van der Waals surface area contributed by atoms with Crippen LogP contribution in [0.25, 0.3) is 0 Å². The van der Waals surface area contributed by atoms with Gasteiger partial charge in [-0.15, -0.1) is 6.42 Å². The van der Waals surface area contributed by atoms with E-state index in [-0.39, 0.29) is 6.04 Å². The fraction of sp³-hybridized carbons (Fsp3) is 0.667. The molecule has 0 aromatic carbocycles. The molecule has 1 aliphatic heterocycles. The van der Waals surface area contributed by atoms with Crippen LogP contribution in [-0.2, 0) is 16.3 Å². The minimum Gasteiger partial charge on any atom is -0.328 e. The molecule has 0 N–H and O–H groups in total. The summed E-state index contributed by atoms with van der Waals surface area (Å²) in [4.78, 5) is 0. The van der Waals surface area contributed by atoms with Gasteiger partial charge in [-0.2, -0.15) is 0 Å². The van der Waals surface area contributed by atoms with Crippen molar-refractivity contribution in [3.63, 3.8) is 0 Å². The summed E-state index contributed by atoms with van der Waals surface area (Å²) >= 11 is 6.91. The van der Waals surface area contributed by atoms with Crippen LogP contribution in [0.2, 0.25) is 0 Å². The van der Waals surface area contributed by atoms with Crippen molar-refractivity contribution in [3.05, 3.63) is 0 Å². The van der Waals surface area contributed by atoms with Crippen molar-refractivity contribution in [1.29, 1.82) is 0 Å². The summed E-state index contributed by atoms with van der Waals surface area (Å²) in [5.74, 6) is 2.65. The van der Waals surface area contributed by atoms with Gasteiger partial charge in [-0.3, -0.25) is 0 Å². The van der Waals surface area contributed by atoms with Crippen molar-refractivity contribution in [2.24, 2.45) is 0 Å². The number of hydrogen-bond acceptors (Lipinski definition) is 3. The molecule has 62 valence electrons. The van der Waals surface area contributed by atoms with Gasteiger partial charge in [-0.25, -0.2) is 4.67 Å². The second-order valence-corrected chi connectivity index (χ2v) is 9.15. The van der Waals surface area contributed by atoms with Crippen LogP contribution in [0.4, 0.5) is 0 Å². The highest BCUT2D eigenvalue weighted by molar-refractivity contribution is 8.68. The molecule has 0 radical (unpaired) electrons. The quantitative estimate of drug-likeness (QED) is 0.477. The molecule has 0 saturated carbocycles. The second-order valence-electron chi connectivity index (χ2n) is 2.20. The maximum Gasteiger partial charge on any atom is 0.189 e. The maximum atomic E-state index is 5.48. The first kappa shape index (κ1) is 9.57. The third-order valence-corrected chi connectivity index (χ3v) is 8.55. The molecule has 1 rings (SSSR count). The lowest BCUT2D eigenvalue weighted by Gasteiger charge is -2.21. The smallest absolute Gasteiger partial charge is 0.189 e. The van der Waals surface area contributed by atoms with Crippen molar-refractivity contribution >= 4 is 28.8 Å². The predicted octanol–water partition coefficient (Wildman–Crippen LogP) is 1.54. The Hall–Kier alpha value is 0.480. The molecule has 0 aliphatic carbocycles. The summed E-state index contributed by atoms with van der Waals surface area (Å²) in [7, 11) is 1.94. The molecule has 1 saturated heterocycles. The Labute approximate surface area is 76.6 Å². The van der Waals surface area contributed by atoms with Crippen LogP contribution in [0.5, 0.6) is 0 Å². The largest absolute Gasteiger partial charge is 0.328 e. The zero-order chi connectivity index (χ0) is 8.48. The molecule has 1 fully saturated rings. The van der Waals surface area contributed by atoms with Crippen molar-refractivity contribution in [3.8, 4) is 12.3 Å². The minimum absolute atomic E-state index is 0.0771. The highest BCUT2D eigenvalue weighted by Crippen LogP contribution is 2.64. The maximum absolute atomic E-state index is 5.48. The van der Waals surface area contributed by atoms with E-state index in [2.05, 4.69) is 5.92 Å². The lowest BCUT2D eigenvalue weighted by molar-refractivity contribution is 0.369. The van der Waals surface area contributed by atoms with Crippen LogP contribution >= 0.6 is 17.0 Å².